The van der Waals surface area contributed by atoms with Crippen LogP contribution in [0.25, 0.3) is 11.2 Å². The van der Waals surface area contributed by atoms with Crippen molar-refractivity contribution in [2.24, 2.45) is 14.1 Å². The molecule has 3 rings (SSSR count). The van der Waals surface area contributed by atoms with E-state index < -0.39 is 11.2 Å². The highest BCUT2D eigenvalue weighted by Gasteiger charge is 2.25. The molecule has 1 aliphatic heterocycles. The molecule has 9 nitrogen and oxygen atoms in total. The van der Waals surface area contributed by atoms with Gasteiger partial charge in [0.25, 0.3) is 5.56 Å². The summed E-state index contributed by atoms with van der Waals surface area (Å²) in [6.45, 7) is 3.68. The zero-order valence-corrected chi connectivity index (χ0v) is 14.7. The molecule has 3 heterocycles. The van der Waals surface area contributed by atoms with Crippen LogP contribution in [-0.2, 0) is 25.4 Å². The standard InChI is InChI=1S/C14H20N6O3.ClH/c1-9-6-15-4-5-19(9)10(21)7-20-13(22)11-12(16-8-17(11)2)18(3)14(20)23;/h8-9,15H,4-7H2,1-3H3;1H/t9-;/m1./s1. The summed E-state index contributed by atoms with van der Waals surface area (Å²) in [6.07, 6.45) is 1.48. The van der Waals surface area contributed by atoms with Gasteiger partial charge < -0.3 is 14.8 Å². The third kappa shape index (κ3) is 2.84. The molecule has 1 atom stereocenters. The lowest BCUT2D eigenvalue weighted by atomic mass is 10.2. The van der Waals surface area contributed by atoms with E-state index in [9.17, 15) is 14.4 Å². The van der Waals surface area contributed by atoms with Crippen LogP contribution in [0.4, 0.5) is 0 Å². The first kappa shape index (κ1) is 18.2. The first-order chi connectivity index (χ1) is 10.9. The number of piperazine rings is 1. The summed E-state index contributed by atoms with van der Waals surface area (Å²) in [7, 11) is 3.23. The average Bonchev–Trinajstić information content (AvgIpc) is 2.91. The predicted octanol–water partition coefficient (Wildman–Crippen LogP) is -1.32. The number of rotatable bonds is 2. The van der Waals surface area contributed by atoms with Crippen LogP contribution in [0.2, 0.25) is 0 Å². The Morgan fingerprint density at radius 2 is 2.08 bits per heavy atom. The van der Waals surface area contributed by atoms with Gasteiger partial charge >= 0.3 is 5.69 Å². The van der Waals surface area contributed by atoms with Gasteiger partial charge in [-0.2, -0.15) is 0 Å². The highest BCUT2D eigenvalue weighted by atomic mass is 35.5. The minimum Gasteiger partial charge on any atom is -0.336 e. The molecule has 1 aliphatic rings. The maximum Gasteiger partial charge on any atom is 0.332 e. The summed E-state index contributed by atoms with van der Waals surface area (Å²) in [6, 6.07) is 0.0382. The van der Waals surface area contributed by atoms with Crippen LogP contribution < -0.4 is 16.6 Å². The monoisotopic (exact) mass is 356 g/mol. The van der Waals surface area contributed by atoms with Gasteiger partial charge in [-0.25, -0.2) is 14.3 Å². The van der Waals surface area contributed by atoms with E-state index in [0.29, 0.717) is 30.8 Å². The molecule has 1 fully saturated rings. The van der Waals surface area contributed by atoms with Crippen molar-refractivity contribution in [3.8, 4) is 0 Å². The second-order valence-electron chi connectivity index (χ2n) is 5.90. The van der Waals surface area contributed by atoms with Crippen molar-refractivity contribution in [1.29, 1.82) is 0 Å². The van der Waals surface area contributed by atoms with Gasteiger partial charge in [0.05, 0.1) is 6.33 Å². The van der Waals surface area contributed by atoms with E-state index >= 15 is 0 Å². The quantitative estimate of drug-likeness (QED) is 0.720. The number of halogens is 1. The number of nitrogens with one attached hydrogen (secondary N) is 1. The Balaban J connectivity index is 0.00000208. The number of hydrogen-bond acceptors (Lipinski definition) is 5. The fourth-order valence-electron chi connectivity index (χ4n) is 2.97. The van der Waals surface area contributed by atoms with Crippen LogP contribution in [0, 0.1) is 0 Å². The summed E-state index contributed by atoms with van der Waals surface area (Å²) in [4.78, 5) is 43.3. The fraction of sp³-hybridized carbons (Fsp3) is 0.571. The number of aromatic nitrogens is 4. The molecule has 0 unspecified atom stereocenters. The van der Waals surface area contributed by atoms with Gasteiger partial charge in [0.1, 0.15) is 6.54 Å². The van der Waals surface area contributed by atoms with Gasteiger partial charge in [-0.3, -0.25) is 14.2 Å². The highest BCUT2D eigenvalue weighted by Crippen LogP contribution is 2.05. The molecule has 1 amide bonds. The van der Waals surface area contributed by atoms with Gasteiger partial charge in [-0.05, 0) is 6.92 Å². The molecule has 0 aromatic carbocycles. The summed E-state index contributed by atoms with van der Waals surface area (Å²) < 4.78 is 3.85. The molecule has 0 spiro atoms. The van der Waals surface area contributed by atoms with E-state index in [1.54, 1.807) is 23.6 Å². The SMILES string of the molecule is C[C@@H]1CNCCN1C(=O)Cn1c(=O)c2c(ncn2C)n(C)c1=O.Cl. The van der Waals surface area contributed by atoms with E-state index in [1.165, 1.54) is 10.9 Å². The van der Waals surface area contributed by atoms with Crippen LogP contribution in [0.1, 0.15) is 6.92 Å². The average molecular weight is 357 g/mol. The first-order valence-electron chi connectivity index (χ1n) is 7.53. The lowest BCUT2D eigenvalue weighted by molar-refractivity contribution is -0.134. The fourth-order valence-corrected chi connectivity index (χ4v) is 2.97. The zero-order valence-electron chi connectivity index (χ0n) is 13.9. The maximum atomic E-state index is 12.6. The van der Waals surface area contributed by atoms with Gasteiger partial charge in [-0.15, -0.1) is 12.4 Å². The van der Waals surface area contributed by atoms with Crippen molar-refractivity contribution in [1.82, 2.24) is 28.9 Å². The Kier molecular flexibility index (Phi) is 5.14. The first-order valence-corrected chi connectivity index (χ1v) is 7.53. The largest absolute Gasteiger partial charge is 0.336 e. The van der Waals surface area contributed by atoms with E-state index in [4.69, 9.17) is 0 Å². The normalized spacial score (nSPS) is 17.8. The molecule has 132 valence electrons. The van der Waals surface area contributed by atoms with Crippen LogP contribution in [-0.4, -0.2) is 55.2 Å². The van der Waals surface area contributed by atoms with Crippen molar-refractivity contribution in [2.75, 3.05) is 19.6 Å². The molecule has 0 saturated carbocycles. The van der Waals surface area contributed by atoms with E-state index in [0.717, 1.165) is 4.57 Å². The minimum absolute atomic E-state index is 0. The van der Waals surface area contributed by atoms with Gasteiger partial charge in [0.2, 0.25) is 5.91 Å². The molecule has 0 aliphatic carbocycles. The molecular weight excluding hydrogens is 336 g/mol. The number of carbonyl (C=O) groups is 1. The topological polar surface area (TPSA) is 94.2 Å². The van der Waals surface area contributed by atoms with Crippen molar-refractivity contribution >= 4 is 29.5 Å². The number of amides is 1. The Morgan fingerprint density at radius 1 is 1.38 bits per heavy atom. The third-order valence-corrected chi connectivity index (χ3v) is 4.32. The number of nitrogens with zero attached hydrogens (tertiary/aromatic N) is 5. The molecule has 0 radical (unpaired) electrons. The Bertz CT molecular complexity index is 883. The number of hydrogen-bond donors (Lipinski definition) is 1. The van der Waals surface area contributed by atoms with Gasteiger partial charge in [0.15, 0.2) is 11.2 Å². The van der Waals surface area contributed by atoms with E-state index in [2.05, 4.69) is 10.3 Å². The Hall–Kier alpha value is -2.13. The molecule has 1 N–H and O–H groups in total. The van der Waals surface area contributed by atoms with Crippen LogP contribution in [0.15, 0.2) is 15.9 Å². The van der Waals surface area contributed by atoms with E-state index in [1.807, 2.05) is 6.92 Å². The lowest BCUT2D eigenvalue weighted by Gasteiger charge is -2.34. The second-order valence-corrected chi connectivity index (χ2v) is 5.90. The third-order valence-electron chi connectivity index (χ3n) is 4.32. The van der Waals surface area contributed by atoms with Crippen molar-refractivity contribution in [3.63, 3.8) is 0 Å². The van der Waals surface area contributed by atoms with Crippen molar-refractivity contribution in [2.45, 2.75) is 19.5 Å². The second kappa shape index (κ2) is 6.78. The smallest absolute Gasteiger partial charge is 0.332 e. The van der Waals surface area contributed by atoms with Gasteiger partial charge in [0, 0.05) is 39.8 Å². The van der Waals surface area contributed by atoms with Crippen LogP contribution in [0.5, 0.6) is 0 Å². The molecule has 2 aromatic rings. The van der Waals surface area contributed by atoms with Crippen molar-refractivity contribution in [3.05, 3.63) is 27.2 Å². The zero-order chi connectivity index (χ0) is 16.7. The van der Waals surface area contributed by atoms with Crippen molar-refractivity contribution < 1.29 is 4.79 Å². The molecular formula is C14H21ClN6O3. The Morgan fingerprint density at radius 3 is 2.75 bits per heavy atom. The number of imidazole rings is 1. The molecule has 0 bridgehead atoms. The van der Waals surface area contributed by atoms with E-state index in [-0.39, 0.29) is 30.9 Å². The predicted molar refractivity (Wildman–Crippen MR) is 91.5 cm³/mol. The number of carbonyl (C=O) groups excluding carboxylic acids is 1. The number of fused-ring (bicyclic) bond motifs is 1. The minimum atomic E-state index is -0.530. The summed E-state index contributed by atoms with van der Waals surface area (Å²) in [5.74, 6) is -0.222. The summed E-state index contributed by atoms with van der Waals surface area (Å²) in [5, 5.41) is 3.20. The molecule has 2 aromatic heterocycles. The highest BCUT2D eigenvalue weighted by molar-refractivity contribution is 5.85. The number of aryl methyl sites for hydroxylation is 2. The maximum absolute atomic E-state index is 12.6. The van der Waals surface area contributed by atoms with Gasteiger partial charge in [-0.1, -0.05) is 0 Å². The molecule has 1 saturated heterocycles. The summed E-state index contributed by atoms with van der Waals surface area (Å²) in [5.41, 5.74) is -0.383. The lowest BCUT2D eigenvalue weighted by Crippen LogP contribution is -2.54. The van der Waals surface area contributed by atoms with Crippen LogP contribution >= 0.6 is 12.4 Å². The Labute approximate surface area is 144 Å². The van der Waals surface area contributed by atoms with Crippen LogP contribution in [0.3, 0.4) is 0 Å². The molecule has 24 heavy (non-hydrogen) atoms. The summed E-state index contributed by atoms with van der Waals surface area (Å²) >= 11 is 0. The molecule has 10 heteroatoms.